The summed E-state index contributed by atoms with van der Waals surface area (Å²) in [7, 11) is 0. The molecule has 1 aromatic heterocycles. The Labute approximate surface area is 82.0 Å². The van der Waals surface area contributed by atoms with Gasteiger partial charge in [-0.2, -0.15) is 0 Å². The van der Waals surface area contributed by atoms with Gasteiger partial charge in [-0.05, 0) is 24.0 Å². The molecule has 1 aliphatic heterocycles. The molecule has 1 aliphatic rings. The second-order valence-corrected chi connectivity index (χ2v) is 3.52. The van der Waals surface area contributed by atoms with Gasteiger partial charge in [0, 0.05) is 18.9 Å². The van der Waals surface area contributed by atoms with Crippen molar-refractivity contribution in [2.24, 2.45) is 0 Å². The van der Waals surface area contributed by atoms with Crippen LogP contribution in [0.2, 0.25) is 0 Å². The van der Waals surface area contributed by atoms with Crippen LogP contribution in [-0.2, 0) is 4.79 Å². The van der Waals surface area contributed by atoms with E-state index in [4.69, 9.17) is 5.11 Å². The van der Waals surface area contributed by atoms with Gasteiger partial charge in [0.1, 0.15) is 6.04 Å². The number of rotatable bonds is 2. The van der Waals surface area contributed by atoms with Crippen LogP contribution in [0.3, 0.4) is 0 Å². The predicted molar refractivity (Wildman–Crippen MR) is 51.0 cm³/mol. The molecule has 4 nitrogen and oxygen atoms in total. The van der Waals surface area contributed by atoms with Gasteiger partial charge in [-0.3, -0.25) is 9.78 Å². The topological polar surface area (TPSA) is 62.2 Å². The maximum atomic E-state index is 10.7. The number of carboxylic acid groups (broad SMARTS) is 1. The zero-order chi connectivity index (χ0) is 9.97. The minimum atomic E-state index is -0.767. The Hall–Kier alpha value is -1.42. The van der Waals surface area contributed by atoms with Crippen LogP contribution in [-0.4, -0.2) is 28.6 Å². The minimum absolute atomic E-state index is 0.282. The van der Waals surface area contributed by atoms with Crippen LogP contribution in [0.25, 0.3) is 0 Å². The van der Waals surface area contributed by atoms with Gasteiger partial charge < -0.3 is 10.4 Å². The molecule has 14 heavy (non-hydrogen) atoms. The number of carbonyl (C=O) groups is 1. The van der Waals surface area contributed by atoms with E-state index in [1.54, 1.807) is 12.4 Å². The second-order valence-electron chi connectivity index (χ2n) is 3.52. The van der Waals surface area contributed by atoms with Gasteiger partial charge >= 0.3 is 5.97 Å². The number of carboxylic acids is 1. The smallest absolute Gasteiger partial charge is 0.320 e. The fraction of sp³-hybridized carbons (Fsp3) is 0.400. The number of nitrogens with one attached hydrogen (secondary N) is 1. The molecule has 0 saturated carbocycles. The van der Waals surface area contributed by atoms with Crippen molar-refractivity contribution in [2.75, 3.05) is 6.54 Å². The fourth-order valence-electron chi connectivity index (χ4n) is 1.80. The summed E-state index contributed by atoms with van der Waals surface area (Å²) in [6.45, 7) is 0.725. The maximum Gasteiger partial charge on any atom is 0.320 e. The van der Waals surface area contributed by atoms with Gasteiger partial charge in [0.15, 0.2) is 0 Å². The number of hydrogen-bond acceptors (Lipinski definition) is 3. The van der Waals surface area contributed by atoms with Crippen molar-refractivity contribution in [1.82, 2.24) is 10.3 Å². The first-order chi connectivity index (χ1) is 6.77. The summed E-state index contributed by atoms with van der Waals surface area (Å²) in [6.07, 6.45) is 4.18. The Bertz CT molecular complexity index is 326. The van der Waals surface area contributed by atoms with Gasteiger partial charge in [-0.1, -0.05) is 6.07 Å². The Morgan fingerprint density at radius 1 is 1.64 bits per heavy atom. The Morgan fingerprint density at radius 3 is 3.07 bits per heavy atom. The summed E-state index contributed by atoms with van der Waals surface area (Å²) in [5.74, 6) is -0.485. The number of aromatic nitrogens is 1. The molecule has 2 heterocycles. The largest absolute Gasteiger partial charge is 0.480 e. The average molecular weight is 192 g/mol. The first kappa shape index (κ1) is 9.15. The zero-order valence-electron chi connectivity index (χ0n) is 7.68. The summed E-state index contributed by atoms with van der Waals surface area (Å²) >= 11 is 0. The van der Waals surface area contributed by atoms with Crippen molar-refractivity contribution in [1.29, 1.82) is 0 Å². The molecular weight excluding hydrogens is 180 g/mol. The summed E-state index contributed by atoms with van der Waals surface area (Å²) < 4.78 is 0. The summed E-state index contributed by atoms with van der Waals surface area (Å²) in [5.41, 5.74) is 1.11. The van der Waals surface area contributed by atoms with E-state index in [0.717, 1.165) is 12.1 Å². The van der Waals surface area contributed by atoms with E-state index in [9.17, 15) is 4.79 Å². The van der Waals surface area contributed by atoms with E-state index in [2.05, 4.69) is 10.3 Å². The van der Waals surface area contributed by atoms with Crippen LogP contribution in [0.5, 0.6) is 0 Å². The van der Waals surface area contributed by atoms with E-state index < -0.39 is 12.0 Å². The number of hydrogen-bond donors (Lipinski definition) is 2. The first-order valence-corrected chi connectivity index (χ1v) is 4.63. The molecule has 0 bridgehead atoms. The van der Waals surface area contributed by atoms with Crippen molar-refractivity contribution in [3.63, 3.8) is 0 Å². The highest BCUT2D eigenvalue weighted by Gasteiger charge is 2.29. The summed E-state index contributed by atoms with van der Waals surface area (Å²) in [4.78, 5) is 14.7. The number of pyridine rings is 1. The Kier molecular flexibility index (Phi) is 2.45. The van der Waals surface area contributed by atoms with Gasteiger partial charge in [-0.25, -0.2) is 0 Å². The third kappa shape index (κ3) is 1.75. The van der Waals surface area contributed by atoms with Crippen LogP contribution in [0.4, 0.5) is 0 Å². The molecule has 0 aromatic carbocycles. The van der Waals surface area contributed by atoms with E-state index in [1.807, 2.05) is 12.1 Å². The molecule has 0 amide bonds. The van der Waals surface area contributed by atoms with Crippen LogP contribution < -0.4 is 5.32 Å². The van der Waals surface area contributed by atoms with Gasteiger partial charge in [0.05, 0.1) is 0 Å². The minimum Gasteiger partial charge on any atom is -0.480 e. The van der Waals surface area contributed by atoms with Crippen molar-refractivity contribution >= 4 is 5.97 Å². The lowest BCUT2D eigenvalue weighted by atomic mass is 9.98. The lowest BCUT2D eigenvalue weighted by molar-refractivity contribution is -0.139. The van der Waals surface area contributed by atoms with Crippen molar-refractivity contribution in [2.45, 2.75) is 18.4 Å². The number of nitrogens with zero attached hydrogens (tertiary/aromatic N) is 1. The van der Waals surface area contributed by atoms with Gasteiger partial charge in [0.2, 0.25) is 0 Å². The summed E-state index contributed by atoms with van der Waals surface area (Å²) in [5, 5.41) is 11.8. The third-order valence-electron chi connectivity index (χ3n) is 2.58. The first-order valence-electron chi connectivity index (χ1n) is 4.63. The quantitative estimate of drug-likeness (QED) is 0.720. The zero-order valence-corrected chi connectivity index (χ0v) is 7.68. The Morgan fingerprint density at radius 2 is 2.50 bits per heavy atom. The van der Waals surface area contributed by atoms with Crippen LogP contribution in [0.15, 0.2) is 24.5 Å². The fourth-order valence-corrected chi connectivity index (χ4v) is 1.80. The van der Waals surface area contributed by atoms with Gasteiger partial charge in [0.25, 0.3) is 0 Å². The van der Waals surface area contributed by atoms with E-state index in [1.165, 1.54) is 0 Å². The molecule has 1 aromatic rings. The third-order valence-corrected chi connectivity index (χ3v) is 2.58. The molecule has 74 valence electrons. The normalized spacial score (nSPS) is 26.3. The van der Waals surface area contributed by atoms with Crippen LogP contribution in [0.1, 0.15) is 17.9 Å². The van der Waals surface area contributed by atoms with Crippen molar-refractivity contribution < 1.29 is 9.90 Å². The highest BCUT2D eigenvalue weighted by Crippen LogP contribution is 2.24. The maximum absolute atomic E-state index is 10.7. The molecule has 1 unspecified atom stereocenters. The van der Waals surface area contributed by atoms with Crippen molar-refractivity contribution in [3.8, 4) is 0 Å². The molecular formula is C10H12N2O2. The van der Waals surface area contributed by atoms with Crippen LogP contribution >= 0.6 is 0 Å². The second kappa shape index (κ2) is 3.75. The highest BCUT2D eigenvalue weighted by atomic mass is 16.4. The molecule has 1 fully saturated rings. The molecule has 4 heteroatoms. The Balaban J connectivity index is 2.06. The monoisotopic (exact) mass is 192 g/mol. The predicted octanol–water partition coefficient (Wildman–Crippen LogP) is 0.612. The molecule has 2 N–H and O–H groups in total. The van der Waals surface area contributed by atoms with E-state index in [0.29, 0.717) is 6.42 Å². The lowest BCUT2D eigenvalue weighted by Crippen LogP contribution is -2.29. The average Bonchev–Trinajstić information content (AvgIpc) is 2.68. The lowest BCUT2D eigenvalue weighted by Gasteiger charge is -2.06. The molecule has 0 aliphatic carbocycles. The van der Waals surface area contributed by atoms with E-state index >= 15 is 0 Å². The molecule has 2 atom stereocenters. The molecule has 0 radical (unpaired) electrons. The van der Waals surface area contributed by atoms with Crippen LogP contribution in [0, 0.1) is 0 Å². The standard InChI is InChI=1S/C10H12N2O2/c13-10(14)9-4-8(6-12-9)7-2-1-3-11-5-7/h1-3,5,8-9,12H,4,6H2,(H,13,14)/t8?,9-/m0/s1. The number of aliphatic carboxylic acids is 1. The van der Waals surface area contributed by atoms with Gasteiger partial charge in [-0.15, -0.1) is 0 Å². The van der Waals surface area contributed by atoms with E-state index in [-0.39, 0.29) is 5.92 Å². The SMILES string of the molecule is O=C(O)[C@@H]1CC(c2cccnc2)CN1. The van der Waals surface area contributed by atoms with Crippen molar-refractivity contribution in [3.05, 3.63) is 30.1 Å². The molecule has 1 saturated heterocycles. The highest BCUT2D eigenvalue weighted by molar-refractivity contribution is 5.74. The summed E-state index contributed by atoms with van der Waals surface area (Å²) in [6, 6.07) is 3.47. The molecule has 0 spiro atoms. The molecule has 2 rings (SSSR count).